The number of nitrogens with zero attached hydrogens (tertiary/aromatic N) is 1. The Hall–Kier alpha value is -1.92. The van der Waals surface area contributed by atoms with Gasteiger partial charge in [0.2, 0.25) is 5.91 Å². The Kier molecular flexibility index (Phi) is 9.50. The third kappa shape index (κ3) is 6.15. The lowest BCUT2D eigenvalue weighted by Gasteiger charge is -2.39. The highest BCUT2D eigenvalue weighted by Crippen LogP contribution is 2.38. The molecule has 0 aromatic heterocycles. The predicted octanol–water partition coefficient (Wildman–Crippen LogP) is 5.12. The summed E-state index contributed by atoms with van der Waals surface area (Å²) in [5.74, 6) is -0.227. The zero-order valence-electron chi connectivity index (χ0n) is 22.1. The van der Waals surface area contributed by atoms with Gasteiger partial charge in [0.1, 0.15) is 0 Å². The van der Waals surface area contributed by atoms with Gasteiger partial charge in [0.25, 0.3) is 0 Å². The number of esters is 1. The molecule has 186 valence electrons. The van der Waals surface area contributed by atoms with Crippen LogP contribution in [0.5, 0.6) is 0 Å². The lowest BCUT2D eigenvalue weighted by atomic mass is 9.82. The van der Waals surface area contributed by atoms with Crippen LogP contribution in [0.15, 0.2) is 0 Å². The summed E-state index contributed by atoms with van der Waals surface area (Å²) in [7, 11) is 0. The first kappa shape index (κ1) is 27.3. The van der Waals surface area contributed by atoms with Gasteiger partial charge in [-0.1, -0.05) is 13.8 Å². The van der Waals surface area contributed by atoms with Crippen molar-refractivity contribution in [2.45, 2.75) is 106 Å². The number of hydrogen-bond donors (Lipinski definition) is 0. The second-order valence-electron chi connectivity index (χ2n) is 9.65. The van der Waals surface area contributed by atoms with E-state index in [4.69, 9.17) is 14.2 Å². The summed E-state index contributed by atoms with van der Waals surface area (Å²) in [5.41, 5.74) is 5.72. The Balaban J connectivity index is 0.00000187. The number of amides is 1. The molecule has 1 amide bonds. The number of carbonyl (C=O) groups is 2. The molecule has 0 saturated carbocycles. The van der Waals surface area contributed by atoms with E-state index in [1.807, 2.05) is 53.4 Å². The van der Waals surface area contributed by atoms with Crippen molar-refractivity contribution in [2.75, 3.05) is 19.8 Å². The van der Waals surface area contributed by atoms with Crippen LogP contribution in [0.2, 0.25) is 0 Å². The number of hydrogen-bond acceptors (Lipinski definition) is 5. The van der Waals surface area contributed by atoms with E-state index < -0.39 is 11.7 Å². The first-order valence-electron chi connectivity index (χ1n) is 12.4. The summed E-state index contributed by atoms with van der Waals surface area (Å²) in [6, 6.07) is 0.241. The lowest BCUT2D eigenvalue weighted by Crippen LogP contribution is -2.46. The average molecular weight is 462 g/mol. The second kappa shape index (κ2) is 11.5. The fourth-order valence-electron chi connectivity index (χ4n) is 4.81. The van der Waals surface area contributed by atoms with Crippen molar-refractivity contribution in [3.63, 3.8) is 0 Å². The topological polar surface area (TPSA) is 65.1 Å². The van der Waals surface area contributed by atoms with Crippen LogP contribution < -0.4 is 0 Å². The largest absolute Gasteiger partial charge is 0.464 e. The first-order chi connectivity index (χ1) is 15.5. The highest BCUT2D eigenvalue weighted by Gasteiger charge is 2.37. The molecule has 2 aliphatic rings. The van der Waals surface area contributed by atoms with Gasteiger partial charge < -0.3 is 19.1 Å². The molecule has 0 aliphatic carbocycles. The number of rotatable bonds is 5. The molecule has 1 aromatic rings. The van der Waals surface area contributed by atoms with Gasteiger partial charge in [-0.05, 0) is 94.7 Å². The van der Waals surface area contributed by atoms with Gasteiger partial charge in [-0.25, -0.2) is 4.79 Å². The van der Waals surface area contributed by atoms with Crippen LogP contribution in [0.25, 0.3) is 0 Å². The third-order valence-electron chi connectivity index (χ3n) is 6.48. The predicted molar refractivity (Wildman–Crippen MR) is 130 cm³/mol. The molecule has 0 radical (unpaired) electrons. The summed E-state index contributed by atoms with van der Waals surface area (Å²) >= 11 is 0. The minimum Gasteiger partial charge on any atom is -0.464 e. The summed E-state index contributed by atoms with van der Waals surface area (Å²) in [4.78, 5) is 28.0. The van der Waals surface area contributed by atoms with Gasteiger partial charge in [-0.15, -0.1) is 0 Å². The van der Waals surface area contributed by atoms with Crippen LogP contribution in [0, 0.1) is 20.8 Å². The van der Waals surface area contributed by atoms with Gasteiger partial charge in [-0.2, -0.15) is 0 Å². The van der Waals surface area contributed by atoms with E-state index >= 15 is 0 Å². The van der Waals surface area contributed by atoms with Crippen molar-refractivity contribution >= 4 is 11.9 Å². The quantitative estimate of drug-likeness (QED) is 0.570. The van der Waals surface area contributed by atoms with E-state index in [1.54, 1.807) is 6.92 Å². The molecule has 33 heavy (non-hydrogen) atoms. The summed E-state index contributed by atoms with van der Waals surface area (Å²) in [6.07, 6.45) is 1.33. The van der Waals surface area contributed by atoms with E-state index in [-0.39, 0.29) is 17.9 Å². The lowest BCUT2D eigenvalue weighted by molar-refractivity contribution is -0.167. The third-order valence-corrected chi connectivity index (χ3v) is 6.48. The Bertz CT molecular complexity index is 849. The smallest absolute Gasteiger partial charge is 0.339 e. The van der Waals surface area contributed by atoms with Crippen LogP contribution in [-0.4, -0.2) is 48.2 Å². The zero-order chi connectivity index (χ0) is 24.9. The molecule has 2 aliphatic heterocycles. The van der Waals surface area contributed by atoms with Crippen LogP contribution >= 0.6 is 0 Å². The van der Waals surface area contributed by atoms with E-state index in [1.165, 1.54) is 5.56 Å². The highest BCUT2D eigenvalue weighted by atomic mass is 16.6. The fourth-order valence-corrected chi connectivity index (χ4v) is 4.81. The van der Waals surface area contributed by atoms with Crippen LogP contribution in [-0.2, 0) is 36.8 Å². The molecule has 1 aromatic carbocycles. The summed E-state index contributed by atoms with van der Waals surface area (Å²) in [5, 5.41) is 0. The molecule has 6 heteroatoms. The number of benzene rings is 1. The minimum absolute atomic E-state index is 0.154. The normalized spacial score (nSPS) is 17.7. The van der Waals surface area contributed by atoms with E-state index in [0.29, 0.717) is 32.8 Å². The minimum atomic E-state index is -0.812. The molecule has 0 bridgehead atoms. The molecule has 3 rings (SSSR count). The van der Waals surface area contributed by atoms with Crippen molar-refractivity contribution in [1.29, 1.82) is 0 Å². The van der Waals surface area contributed by atoms with Crippen molar-refractivity contribution < 1.29 is 23.8 Å². The van der Waals surface area contributed by atoms with Crippen molar-refractivity contribution in [3.8, 4) is 0 Å². The summed E-state index contributed by atoms with van der Waals surface area (Å²) < 4.78 is 17.1. The first-order valence-corrected chi connectivity index (χ1v) is 12.4. The number of ether oxygens (including phenoxy) is 3. The van der Waals surface area contributed by atoms with Gasteiger partial charge in [0.05, 0.1) is 18.6 Å². The molecular weight excluding hydrogens is 418 g/mol. The fraction of sp³-hybridized carbons (Fsp3) is 0.704. The van der Waals surface area contributed by atoms with Gasteiger partial charge in [0.15, 0.2) is 6.10 Å². The van der Waals surface area contributed by atoms with E-state index in [0.717, 1.165) is 40.7 Å². The standard InChI is InChI=1S/C25H37NO5.C2H6/c1-8-30-24(28)23(31-25(5,6)7)22-16(3)15(2)20-14-26(18-9-11-29-12-10-18)21(27)13-19(20)17(22)4;1-2/h18,23H,8-14H2,1-7H3;1-2H3/t23-;/m0./s1. The van der Waals surface area contributed by atoms with Gasteiger partial charge in [-0.3, -0.25) is 4.79 Å². The Labute approximate surface area is 200 Å². The molecule has 1 fully saturated rings. The maximum atomic E-state index is 13.1. The van der Waals surface area contributed by atoms with Crippen molar-refractivity contribution in [1.82, 2.24) is 4.90 Å². The Morgan fingerprint density at radius 2 is 1.67 bits per heavy atom. The Morgan fingerprint density at radius 1 is 1.06 bits per heavy atom. The second-order valence-corrected chi connectivity index (χ2v) is 9.65. The monoisotopic (exact) mass is 461 g/mol. The highest BCUT2D eigenvalue weighted by molar-refractivity contribution is 5.84. The van der Waals surface area contributed by atoms with Crippen LogP contribution in [0.1, 0.15) is 93.9 Å². The van der Waals surface area contributed by atoms with Crippen molar-refractivity contribution in [2.24, 2.45) is 0 Å². The van der Waals surface area contributed by atoms with E-state index in [9.17, 15) is 9.59 Å². The van der Waals surface area contributed by atoms with Crippen LogP contribution in [0.3, 0.4) is 0 Å². The average Bonchev–Trinajstić information content (AvgIpc) is 2.78. The zero-order valence-corrected chi connectivity index (χ0v) is 22.1. The number of carbonyl (C=O) groups excluding carboxylic acids is 2. The molecule has 0 spiro atoms. The molecular formula is C27H43NO5. The number of fused-ring (bicyclic) bond motifs is 1. The maximum absolute atomic E-state index is 13.1. The molecule has 1 atom stereocenters. The Morgan fingerprint density at radius 3 is 2.21 bits per heavy atom. The molecule has 2 heterocycles. The SMILES string of the molecule is CC.CCOC(=O)[C@@H](OC(C)(C)C)c1c(C)c(C)c2c(c1C)CC(=O)N(C1CCOCC1)C2. The van der Waals surface area contributed by atoms with Gasteiger partial charge in [0, 0.05) is 25.8 Å². The molecule has 0 unspecified atom stereocenters. The van der Waals surface area contributed by atoms with Gasteiger partial charge >= 0.3 is 5.97 Å². The maximum Gasteiger partial charge on any atom is 0.339 e. The van der Waals surface area contributed by atoms with Crippen LogP contribution in [0.4, 0.5) is 0 Å². The molecule has 1 saturated heterocycles. The molecule has 0 N–H and O–H groups in total. The summed E-state index contributed by atoms with van der Waals surface area (Å²) in [6.45, 7) is 20.1. The molecule has 6 nitrogen and oxygen atoms in total. The van der Waals surface area contributed by atoms with Crippen molar-refractivity contribution in [3.05, 3.63) is 33.4 Å². The van der Waals surface area contributed by atoms with E-state index in [2.05, 4.69) is 6.92 Å².